The molecular weight excluding hydrogens is 243 g/mol. The molecule has 1 atom stereocenters. The quantitative estimate of drug-likeness (QED) is 0.865. The van der Waals surface area contributed by atoms with Crippen molar-refractivity contribution in [3.63, 3.8) is 0 Å². The highest BCUT2D eigenvalue weighted by Gasteiger charge is 2.40. The lowest BCUT2D eigenvalue weighted by Crippen LogP contribution is -2.48. The fraction of sp³-hybridized carbons (Fsp3) is 0.455. The van der Waals surface area contributed by atoms with Crippen LogP contribution in [0.3, 0.4) is 0 Å². The Kier molecular flexibility index (Phi) is 3.20. The first-order valence-electron chi connectivity index (χ1n) is 5.44. The van der Waals surface area contributed by atoms with Gasteiger partial charge in [0.2, 0.25) is 0 Å². The molecule has 94 valence electrons. The van der Waals surface area contributed by atoms with Crippen molar-refractivity contribution in [2.75, 3.05) is 13.1 Å². The number of benzene rings is 1. The highest BCUT2D eigenvalue weighted by atomic mass is 32.2. The van der Waals surface area contributed by atoms with Crippen molar-refractivity contribution in [3.05, 3.63) is 35.9 Å². The fourth-order valence-electron chi connectivity index (χ4n) is 2.16. The zero-order valence-corrected chi connectivity index (χ0v) is 10.2. The summed E-state index contributed by atoms with van der Waals surface area (Å²) < 4.78 is 38.2. The van der Waals surface area contributed by atoms with Gasteiger partial charge in [0.25, 0.3) is 10.2 Å². The molecule has 1 aromatic carbocycles. The first-order valence-corrected chi connectivity index (χ1v) is 6.94. The maximum Gasteiger partial charge on any atom is 0.277 e. The standard InChI is InChI=1S/C11H15FN2O2S/c12-11(10-5-2-1-3-6-10)7-4-8-14(9-11)17(13,15)16/h1-3,5-6H,4,7-9H2,(H2,13,15,16). The lowest BCUT2D eigenvalue weighted by Gasteiger charge is -2.35. The van der Waals surface area contributed by atoms with Crippen LogP contribution in [0.15, 0.2) is 30.3 Å². The molecule has 0 aliphatic carbocycles. The second kappa shape index (κ2) is 4.36. The fourth-order valence-corrected chi connectivity index (χ4v) is 2.93. The third kappa shape index (κ3) is 2.65. The number of nitrogens with two attached hydrogens (primary N) is 1. The van der Waals surface area contributed by atoms with Crippen LogP contribution in [0.4, 0.5) is 4.39 Å². The van der Waals surface area contributed by atoms with Gasteiger partial charge in [-0.3, -0.25) is 0 Å². The van der Waals surface area contributed by atoms with Crippen LogP contribution < -0.4 is 5.14 Å². The molecule has 6 heteroatoms. The molecule has 17 heavy (non-hydrogen) atoms. The molecule has 0 spiro atoms. The van der Waals surface area contributed by atoms with Crippen molar-refractivity contribution in [3.8, 4) is 0 Å². The summed E-state index contributed by atoms with van der Waals surface area (Å²) in [6, 6.07) is 8.63. The number of rotatable bonds is 2. The molecule has 1 aromatic rings. The molecule has 0 bridgehead atoms. The number of hydrogen-bond acceptors (Lipinski definition) is 2. The Hall–Kier alpha value is -0.980. The molecule has 0 amide bonds. The van der Waals surface area contributed by atoms with Gasteiger partial charge < -0.3 is 0 Å². The van der Waals surface area contributed by atoms with E-state index in [4.69, 9.17) is 5.14 Å². The zero-order valence-electron chi connectivity index (χ0n) is 9.34. The van der Waals surface area contributed by atoms with Crippen LogP contribution in [-0.2, 0) is 15.9 Å². The number of piperidine rings is 1. The van der Waals surface area contributed by atoms with E-state index in [1.165, 1.54) is 0 Å². The van der Waals surface area contributed by atoms with Gasteiger partial charge >= 0.3 is 0 Å². The van der Waals surface area contributed by atoms with Crippen molar-refractivity contribution >= 4 is 10.2 Å². The molecule has 1 aliphatic heterocycles. The summed E-state index contributed by atoms with van der Waals surface area (Å²) in [4.78, 5) is 0. The first kappa shape index (κ1) is 12.5. The molecular formula is C11H15FN2O2S. The van der Waals surface area contributed by atoms with E-state index in [9.17, 15) is 12.8 Å². The maximum atomic E-state index is 14.7. The highest BCUT2D eigenvalue weighted by Crippen LogP contribution is 2.35. The van der Waals surface area contributed by atoms with E-state index in [1.54, 1.807) is 30.3 Å². The van der Waals surface area contributed by atoms with Gasteiger partial charge in [-0.2, -0.15) is 12.7 Å². The molecule has 2 N–H and O–H groups in total. The van der Waals surface area contributed by atoms with Crippen molar-refractivity contribution in [1.82, 2.24) is 4.31 Å². The minimum absolute atomic E-state index is 0.199. The van der Waals surface area contributed by atoms with Crippen LogP contribution in [-0.4, -0.2) is 25.8 Å². The van der Waals surface area contributed by atoms with Crippen molar-refractivity contribution in [2.24, 2.45) is 5.14 Å². The molecule has 4 nitrogen and oxygen atoms in total. The molecule has 0 saturated carbocycles. The Morgan fingerprint density at radius 1 is 1.29 bits per heavy atom. The van der Waals surface area contributed by atoms with Crippen molar-refractivity contribution in [1.29, 1.82) is 0 Å². The Bertz CT molecular complexity index is 491. The van der Waals surface area contributed by atoms with Gasteiger partial charge in [-0.15, -0.1) is 0 Å². The molecule has 1 aliphatic rings. The minimum atomic E-state index is -3.81. The predicted molar refractivity (Wildman–Crippen MR) is 63.1 cm³/mol. The third-order valence-electron chi connectivity index (χ3n) is 3.06. The van der Waals surface area contributed by atoms with Crippen LogP contribution in [0.5, 0.6) is 0 Å². The van der Waals surface area contributed by atoms with Crippen molar-refractivity contribution < 1.29 is 12.8 Å². The average molecular weight is 258 g/mol. The van der Waals surface area contributed by atoms with Crippen LogP contribution in [0.25, 0.3) is 0 Å². The first-order chi connectivity index (χ1) is 7.92. The maximum absolute atomic E-state index is 14.7. The van der Waals surface area contributed by atoms with Gasteiger partial charge in [-0.05, 0) is 18.4 Å². The Morgan fingerprint density at radius 2 is 1.94 bits per heavy atom. The lowest BCUT2D eigenvalue weighted by atomic mass is 9.88. The molecule has 0 radical (unpaired) electrons. The number of hydrogen-bond donors (Lipinski definition) is 1. The summed E-state index contributed by atoms with van der Waals surface area (Å²) in [5.74, 6) is 0. The minimum Gasteiger partial charge on any atom is -0.237 e. The Morgan fingerprint density at radius 3 is 2.53 bits per heavy atom. The normalized spacial score (nSPS) is 26.9. The second-order valence-electron chi connectivity index (χ2n) is 4.31. The lowest BCUT2D eigenvalue weighted by molar-refractivity contribution is 0.0815. The van der Waals surface area contributed by atoms with Crippen molar-refractivity contribution in [2.45, 2.75) is 18.5 Å². The van der Waals surface area contributed by atoms with Crippen LogP contribution >= 0.6 is 0 Å². The second-order valence-corrected chi connectivity index (χ2v) is 5.86. The largest absolute Gasteiger partial charge is 0.277 e. The summed E-state index contributed by atoms with van der Waals surface area (Å²) in [6.45, 7) is 0.0905. The van der Waals surface area contributed by atoms with E-state index in [-0.39, 0.29) is 13.1 Å². The Balaban J connectivity index is 2.27. The van der Waals surface area contributed by atoms with E-state index in [0.717, 1.165) is 4.31 Å². The Labute approximate surface area is 100 Å². The van der Waals surface area contributed by atoms with Gasteiger partial charge in [-0.1, -0.05) is 30.3 Å². The van der Waals surface area contributed by atoms with Gasteiger partial charge in [0, 0.05) is 6.54 Å². The smallest absolute Gasteiger partial charge is 0.237 e. The molecule has 0 aromatic heterocycles. The summed E-state index contributed by atoms with van der Waals surface area (Å²) in [5.41, 5.74) is -1.13. The zero-order chi connectivity index (χ0) is 12.5. The van der Waals surface area contributed by atoms with E-state index in [0.29, 0.717) is 18.4 Å². The van der Waals surface area contributed by atoms with Gasteiger partial charge in [0.15, 0.2) is 0 Å². The predicted octanol–water partition coefficient (Wildman–Crippen LogP) is 1.15. The number of halogens is 1. The van der Waals surface area contributed by atoms with E-state index in [1.807, 2.05) is 0 Å². The van der Waals surface area contributed by atoms with E-state index in [2.05, 4.69) is 0 Å². The molecule has 1 heterocycles. The topological polar surface area (TPSA) is 63.4 Å². The van der Waals surface area contributed by atoms with E-state index >= 15 is 0 Å². The summed E-state index contributed by atoms with van der Waals surface area (Å²) in [7, 11) is -3.81. The van der Waals surface area contributed by atoms with Crippen LogP contribution in [0, 0.1) is 0 Å². The molecule has 1 saturated heterocycles. The molecule has 1 fully saturated rings. The van der Waals surface area contributed by atoms with E-state index < -0.39 is 15.9 Å². The average Bonchev–Trinajstić information content (AvgIpc) is 2.29. The summed E-state index contributed by atoms with van der Waals surface area (Å²) >= 11 is 0. The van der Waals surface area contributed by atoms with Gasteiger partial charge in [-0.25, -0.2) is 9.53 Å². The van der Waals surface area contributed by atoms with Gasteiger partial charge in [0.1, 0.15) is 5.67 Å². The monoisotopic (exact) mass is 258 g/mol. The number of nitrogens with zero attached hydrogens (tertiary/aromatic N) is 1. The van der Waals surface area contributed by atoms with Crippen LogP contribution in [0.1, 0.15) is 18.4 Å². The van der Waals surface area contributed by atoms with Crippen LogP contribution in [0.2, 0.25) is 0 Å². The molecule has 2 rings (SSSR count). The third-order valence-corrected chi connectivity index (χ3v) is 4.09. The summed E-state index contributed by atoms with van der Waals surface area (Å²) in [5, 5.41) is 5.04. The highest BCUT2D eigenvalue weighted by molar-refractivity contribution is 7.86. The SMILES string of the molecule is NS(=O)(=O)N1CCCC(F)(c2ccccc2)C1. The number of alkyl halides is 1. The van der Waals surface area contributed by atoms with Gasteiger partial charge in [0.05, 0.1) is 6.54 Å². The summed E-state index contributed by atoms with van der Waals surface area (Å²) in [6.07, 6.45) is 0.796. The molecule has 1 unspecified atom stereocenters.